The van der Waals surface area contributed by atoms with Crippen molar-refractivity contribution in [1.82, 2.24) is 40.4 Å². The molecule has 2 fully saturated rings. The number of amides is 4. The molecule has 0 radical (unpaired) electrons. The lowest BCUT2D eigenvalue weighted by molar-refractivity contribution is -0.138. The van der Waals surface area contributed by atoms with Gasteiger partial charge in [0.1, 0.15) is 34.6 Å². The van der Waals surface area contributed by atoms with Gasteiger partial charge in [0.15, 0.2) is 0 Å². The number of hydrogen-bond acceptors (Lipinski definition) is 7. The number of methoxy groups -OCH3 is 1. The molecule has 60 heavy (non-hydrogen) atoms. The Labute approximate surface area is 354 Å². The number of H-pyrrole nitrogens is 2. The maximum absolute atomic E-state index is 13.8. The van der Waals surface area contributed by atoms with Crippen LogP contribution in [0.3, 0.4) is 0 Å². The molecule has 2 aliphatic heterocycles. The minimum Gasteiger partial charge on any atom is -0.465 e. The molecule has 2 aromatic heterocycles. The Bertz CT molecular complexity index is 2390. The fraction of sp³-hybridized carbons (Fsp3) is 0.422. The van der Waals surface area contributed by atoms with E-state index in [0.29, 0.717) is 28.9 Å². The van der Waals surface area contributed by atoms with Gasteiger partial charge in [0, 0.05) is 23.2 Å². The first-order chi connectivity index (χ1) is 28.6. The number of imidazole rings is 2. The lowest BCUT2D eigenvalue weighted by atomic mass is 9.98. The number of likely N-dealkylation sites (tertiary alicyclic amines) is 2. The van der Waals surface area contributed by atoms with Crippen molar-refractivity contribution in [2.45, 2.75) is 103 Å². The first-order valence-electron chi connectivity index (χ1n) is 20.6. The van der Waals surface area contributed by atoms with Crippen LogP contribution >= 0.6 is 11.6 Å². The number of aromatic amines is 2. The van der Waals surface area contributed by atoms with Crippen LogP contribution in [0.5, 0.6) is 0 Å². The Balaban J connectivity index is 1.06. The zero-order valence-corrected chi connectivity index (χ0v) is 35.7. The van der Waals surface area contributed by atoms with E-state index >= 15 is 0 Å². The number of carbonyl (C=O) groups is 4. The van der Waals surface area contributed by atoms with Gasteiger partial charge in [-0.2, -0.15) is 0 Å². The summed E-state index contributed by atoms with van der Waals surface area (Å²) in [5.41, 5.74) is 5.30. The predicted octanol–water partition coefficient (Wildman–Crippen LogP) is 8.72. The highest BCUT2D eigenvalue weighted by atomic mass is 35.5. The van der Waals surface area contributed by atoms with Crippen LogP contribution in [-0.4, -0.2) is 90.1 Å². The van der Waals surface area contributed by atoms with Gasteiger partial charge in [-0.05, 0) is 85.4 Å². The summed E-state index contributed by atoms with van der Waals surface area (Å²) in [6.45, 7) is 11.4. The van der Waals surface area contributed by atoms with Gasteiger partial charge in [-0.1, -0.05) is 87.8 Å². The number of rotatable bonds is 11. The summed E-state index contributed by atoms with van der Waals surface area (Å²) in [6, 6.07) is 18.4. The second kappa shape index (κ2) is 17.4. The highest BCUT2D eigenvalue weighted by Crippen LogP contribution is 2.40. The molecule has 5 N–H and O–H groups in total. The molecule has 7 rings (SSSR count). The number of carbonyl (C=O) groups excluding carboxylic acids is 3. The van der Waals surface area contributed by atoms with Crippen LogP contribution in [0, 0.1) is 11.8 Å². The Morgan fingerprint density at radius 3 is 1.82 bits per heavy atom. The van der Waals surface area contributed by atoms with Gasteiger partial charge in [-0.15, -0.1) is 0 Å². The van der Waals surface area contributed by atoms with Gasteiger partial charge in [0.2, 0.25) is 11.8 Å². The van der Waals surface area contributed by atoms with Crippen molar-refractivity contribution in [3.8, 4) is 33.6 Å². The first kappa shape index (κ1) is 42.2. The molecule has 4 heterocycles. The lowest BCUT2D eigenvalue weighted by Gasteiger charge is -2.32. The number of aromatic nitrogens is 4. The molecule has 4 amide bonds. The summed E-state index contributed by atoms with van der Waals surface area (Å²) in [6.07, 6.45) is 2.97. The van der Waals surface area contributed by atoms with E-state index in [1.54, 1.807) is 4.90 Å². The molecule has 14 nitrogen and oxygen atoms in total. The van der Waals surface area contributed by atoms with E-state index in [1.807, 2.05) is 76.9 Å². The SMILES string of the molecule is COC(=O)N[C@H](C(=O)N1[C@@H](C)CC[C@H]1c1ncc(-c2ccc3cc(-c4ccc(-c5nc(C6CCC(C)N6C(=O)[C@@H](NC(=O)O)C(C)C)[nH]c5Cl)cc4)ccc3c2)[nH]1)C(C)C. The summed E-state index contributed by atoms with van der Waals surface area (Å²) in [5.74, 6) is 0.513. The van der Waals surface area contributed by atoms with Crippen LogP contribution in [0.25, 0.3) is 44.4 Å². The van der Waals surface area contributed by atoms with E-state index in [9.17, 15) is 24.3 Å². The highest BCUT2D eigenvalue weighted by molar-refractivity contribution is 6.32. The molecule has 15 heteroatoms. The maximum Gasteiger partial charge on any atom is 0.407 e. The lowest BCUT2D eigenvalue weighted by Crippen LogP contribution is -2.52. The molecule has 2 unspecified atom stereocenters. The van der Waals surface area contributed by atoms with E-state index in [0.717, 1.165) is 58.0 Å². The molecular weight excluding hydrogens is 784 g/mol. The summed E-state index contributed by atoms with van der Waals surface area (Å²) >= 11 is 6.73. The number of halogens is 1. The van der Waals surface area contributed by atoms with Crippen LogP contribution in [-0.2, 0) is 14.3 Å². The minimum absolute atomic E-state index is 0.00995. The monoisotopic (exact) mass is 836 g/mol. The van der Waals surface area contributed by atoms with Gasteiger partial charge in [0.05, 0.1) is 31.1 Å². The van der Waals surface area contributed by atoms with Crippen molar-refractivity contribution in [3.63, 3.8) is 0 Å². The van der Waals surface area contributed by atoms with Gasteiger partial charge in [-0.3, -0.25) is 9.59 Å². The van der Waals surface area contributed by atoms with Gasteiger partial charge < -0.3 is 40.2 Å². The number of carboxylic acid groups (broad SMARTS) is 1. The molecule has 0 spiro atoms. The van der Waals surface area contributed by atoms with Gasteiger partial charge in [-0.25, -0.2) is 19.6 Å². The van der Waals surface area contributed by atoms with E-state index in [-0.39, 0.29) is 47.8 Å². The molecule has 0 saturated carbocycles. The van der Waals surface area contributed by atoms with Crippen LogP contribution in [0.1, 0.15) is 91.0 Å². The summed E-state index contributed by atoms with van der Waals surface area (Å²) in [5, 5.41) is 17.0. The second-order valence-electron chi connectivity index (χ2n) is 16.7. The summed E-state index contributed by atoms with van der Waals surface area (Å²) < 4.78 is 4.79. The predicted molar refractivity (Wildman–Crippen MR) is 230 cm³/mol. The van der Waals surface area contributed by atoms with Gasteiger partial charge in [0.25, 0.3) is 0 Å². The summed E-state index contributed by atoms with van der Waals surface area (Å²) in [4.78, 5) is 70.9. The van der Waals surface area contributed by atoms with Crippen molar-refractivity contribution in [3.05, 3.63) is 83.7 Å². The topological polar surface area (TPSA) is 186 Å². The third kappa shape index (κ3) is 8.43. The zero-order valence-electron chi connectivity index (χ0n) is 35.0. The van der Waals surface area contributed by atoms with Crippen molar-refractivity contribution in [1.29, 1.82) is 0 Å². The average molecular weight is 837 g/mol. The molecule has 2 aliphatic rings. The van der Waals surface area contributed by atoms with E-state index in [1.165, 1.54) is 7.11 Å². The molecule has 0 bridgehead atoms. The maximum atomic E-state index is 13.8. The quantitative estimate of drug-likeness (QED) is 0.0874. The Morgan fingerprint density at radius 2 is 1.25 bits per heavy atom. The molecule has 6 atom stereocenters. The molecular formula is C45H53ClN8O6. The van der Waals surface area contributed by atoms with Gasteiger partial charge >= 0.3 is 12.2 Å². The standard InChI is InChI=1S/C45H53ClN8O6/c1-23(2)36(50-44(57)58)42(55)54-26(6)9-19-35(54)41-49-38(39(46)52-41)28-12-10-27(11-13-28)29-14-15-31-21-32(17-16-30(31)20-29)33-22-47-40(48-33)34-18-8-25(5)53(34)43(56)37(24(3)4)51-45(59)60-7/h10-17,20-26,34-37,50H,8-9,18-19H2,1-7H3,(H,47,48)(H,49,52)(H,51,59)(H,57,58)/t25-,26?,34-,35?,36-,37-/m0/s1. The minimum atomic E-state index is -1.23. The Kier molecular flexibility index (Phi) is 12.2. The number of nitrogens with zero attached hydrogens (tertiary/aromatic N) is 4. The fourth-order valence-corrected chi connectivity index (χ4v) is 8.95. The molecule has 0 aliphatic carbocycles. The Hall–Kier alpha value is -5.89. The van der Waals surface area contributed by atoms with Crippen LogP contribution in [0.4, 0.5) is 9.59 Å². The highest BCUT2D eigenvalue weighted by Gasteiger charge is 2.42. The van der Waals surface area contributed by atoms with E-state index < -0.39 is 24.3 Å². The number of alkyl carbamates (subject to hydrolysis) is 1. The van der Waals surface area contributed by atoms with Crippen molar-refractivity contribution >= 4 is 46.4 Å². The third-order valence-corrected chi connectivity index (χ3v) is 12.3. The fourth-order valence-electron chi connectivity index (χ4n) is 8.70. The molecule has 316 valence electrons. The Morgan fingerprint density at radius 1 is 0.733 bits per heavy atom. The van der Waals surface area contributed by atoms with Crippen LogP contribution in [0.15, 0.2) is 66.9 Å². The number of hydrogen-bond donors (Lipinski definition) is 5. The van der Waals surface area contributed by atoms with Crippen molar-refractivity contribution in [2.75, 3.05) is 7.11 Å². The van der Waals surface area contributed by atoms with Crippen molar-refractivity contribution < 1.29 is 29.0 Å². The average Bonchev–Trinajstić information content (AvgIpc) is 4.04. The number of nitrogens with one attached hydrogen (secondary N) is 4. The first-order valence-corrected chi connectivity index (χ1v) is 21.0. The normalized spacial score (nSPS) is 20.2. The van der Waals surface area contributed by atoms with Crippen LogP contribution < -0.4 is 10.6 Å². The van der Waals surface area contributed by atoms with Crippen LogP contribution in [0.2, 0.25) is 5.15 Å². The smallest absolute Gasteiger partial charge is 0.407 e. The van der Waals surface area contributed by atoms with E-state index in [2.05, 4.69) is 57.0 Å². The summed E-state index contributed by atoms with van der Waals surface area (Å²) in [7, 11) is 1.29. The largest absolute Gasteiger partial charge is 0.465 e. The molecule has 5 aromatic rings. The molecule has 2 saturated heterocycles. The molecule has 3 aromatic carbocycles. The third-order valence-electron chi connectivity index (χ3n) is 12.0. The van der Waals surface area contributed by atoms with Crippen molar-refractivity contribution in [2.24, 2.45) is 11.8 Å². The zero-order chi connectivity index (χ0) is 43.0. The van der Waals surface area contributed by atoms with E-state index in [4.69, 9.17) is 26.3 Å². The number of ether oxygens (including phenoxy) is 1. The number of benzene rings is 3. The second-order valence-corrected chi connectivity index (χ2v) is 17.1. The number of fused-ring (bicyclic) bond motifs is 1.